The summed E-state index contributed by atoms with van der Waals surface area (Å²) < 4.78 is 5.87. The van der Waals surface area contributed by atoms with Crippen LogP contribution in [0.1, 0.15) is 37.5 Å². The van der Waals surface area contributed by atoms with Crippen molar-refractivity contribution in [1.29, 1.82) is 0 Å². The maximum Gasteiger partial charge on any atom is 0.0781 e. The molecule has 0 aliphatic carbocycles. The molecule has 1 unspecified atom stereocenters. The highest BCUT2D eigenvalue weighted by Gasteiger charge is 2.29. The molecule has 1 aromatic rings. The molecule has 0 fully saturated rings. The second-order valence-electron chi connectivity index (χ2n) is 5.45. The minimum atomic E-state index is -0.155. The van der Waals surface area contributed by atoms with E-state index in [2.05, 4.69) is 51.2 Å². The summed E-state index contributed by atoms with van der Waals surface area (Å²) in [4.78, 5) is 0. The van der Waals surface area contributed by atoms with Crippen molar-refractivity contribution in [2.75, 3.05) is 13.7 Å². The molecule has 0 spiro atoms. The third-order valence-corrected chi connectivity index (χ3v) is 3.76. The van der Waals surface area contributed by atoms with E-state index in [-0.39, 0.29) is 5.60 Å². The first kappa shape index (κ1) is 15.2. The van der Waals surface area contributed by atoms with E-state index in [0.717, 1.165) is 13.0 Å². The van der Waals surface area contributed by atoms with Gasteiger partial charge in [0, 0.05) is 12.6 Å². The Labute approximate surface area is 112 Å². The standard InChI is InChI=1S/C16H27NO/c1-7-18-16(4,5)15(17-6)11-14-12(2)9-8-10-13(14)3/h8-10,15,17H,7,11H2,1-6H3. The number of aryl methyl sites for hydroxylation is 2. The molecule has 1 atom stereocenters. The number of benzene rings is 1. The molecule has 1 N–H and O–H groups in total. The fourth-order valence-electron chi connectivity index (χ4n) is 2.54. The summed E-state index contributed by atoms with van der Waals surface area (Å²) in [5, 5.41) is 3.41. The molecule has 2 heteroatoms. The van der Waals surface area contributed by atoms with Crippen LogP contribution in [0, 0.1) is 13.8 Å². The van der Waals surface area contributed by atoms with E-state index in [1.807, 2.05) is 14.0 Å². The van der Waals surface area contributed by atoms with Crippen LogP contribution in [-0.4, -0.2) is 25.3 Å². The maximum absolute atomic E-state index is 5.87. The second-order valence-corrected chi connectivity index (χ2v) is 5.45. The zero-order chi connectivity index (χ0) is 13.8. The molecule has 1 aromatic carbocycles. The molecule has 0 aliphatic rings. The van der Waals surface area contributed by atoms with Gasteiger partial charge in [-0.3, -0.25) is 0 Å². The first-order valence-electron chi connectivity index (χ1n) is 6.78. The molecule has 0 aliphatic heterocycles. The molecular formula is C16H27NO. The molecule has 0 saturated heterocycles. The third-order valence-electron chi connectivity index (χ3n) is 3.76. The summed E-state index contributed by atoms with van der Waals surface area (Å²) in [5.74, 6) is 0. The molecule has 0 radical (unpaired) electrons. The van der Waals surface area contributed by atoms with Gasteiger partial charge in [0.05, 0.1) is 5.60 Å². The van der Waals surface area contributed by atoms with Gasteiger partial charge in [0.15, 0.2) is 0 Å². The van der Waals surface area contributed by atoms with E-state index in [4.69, 9.17) is 4.74 Å². The van der Waals surface area contributed by atoms with Gasteiger partial charge in [0.2, 0.25) is 0 Å². The van der Waals surface area contributed by atoms with Crippen molar-refractivity contribution >= 4 is 0 Å². The number of hydrogen-bond donors (Lipinski definition) is 1. The lowest BCUT2D eigenvalue weighted by atomic mass is 9.88. The van der Waals surface area contributed by atoms with Crippen molar-refractivity contribution in [1.82, 2.24) is 5.32 Å². The Morgan fingerprint density at radius 1 is 1.22 bits per heavy atom. The normalized spacial score (nSPS) is 13.7. The largest absolute Gasteiger partial charge is 0.374 e. The average molecular weight is 249 g/mol. The Morgan fingerprint density at radius 2 is 1.78 bits per heavy atom. The van der Waals surface area contributed by atoms with Crippen LogP contribution in [0.25, 0.3) is 0 Å². The van der Waals surface area contributed by atoms with Gasteiger partial charge in [-0.05, 0) is 64.8 Å². The van der Waals surface area contributed by atoms with Gasteiger partial charge in [0.25, 0.3) is 0 Å². The second kappa shape index (κ2) is 6.35. The Hall–Kier alpha value is -0.860. The summed E-state index contributed by atoms with van der Waals surface area (Å²) in [5.41, 5.74) is 4.01. The minimum Gasteiger partial charge on any atom is -0.374 e. The molecule has 1 rings (SSSR count). The van der Waals surface area contributed by atoms with Crippen LogP contribution in [0.5, 0.6) is 0 Å². The van der Waals surface area contributed by atoms with Crippen LogP contribution in [0.15, 0.2) is 18.2 Å². The van der Waals surface area contributed by atoms with E-state index in [9.17, 15) is 0 Å². The van der Waals surface area contributed by atoms with Crippen molar-refractivity contribution in [2.24, 2.45) is 0 Å². The van der Waals surface area contributed by atoms with Crippen molar-refractivity contribution < 1.29 is 4.74 Å². The summed E-state index contributed by atoms with van der Waals surface area (Å²) >= 11 is 0. The lowest BCUT2D eigenvalue weighted by Crippen LogP contribution is -2.48. The highest BCUT2D eigenvalue weighted by Crippen LogP contribution is 2.22. The zero-order valence-corrected chi connectivity index (χ0v) is 12.6. The Bertz CT molecular complexity index is 364. The summed E-state index contributed by atoms with van der Waals surface area (Å²) in [6.45, 7) is 11.5. The number of ether oxygens (including phenoxy) is 1. The van der Waals surface area contributed by atoms with Crippen LogP contribution in [0.2, 0.25) is 0 Å². The van der Waals surface area contributed by atoms with Gasteiger partial charge >= 0.3 is 0 Å². The Balaban J connectivity index is 2.93. The van der Waals surface area contributed by atoms with Gasteiger partial charge in [-0.25, -0.2) is 0 Å². The van der Waals surface area contributed by atoms with Gasteiger partial charge in [-0.2, -0.15) is 0 Å². The van der Waals surface area contributed by atoms with Crippen molar-refractivity contribution in [3.8, 4) is 0 Å². The lowest BCUT2D eigenvalue weighted by Gasteiger charge is -2.34. The fourth-order valence-corrected chi connectivity index (χ4v) is 2.54. The number of likely N-dealkylation sites (N-methyl/N-ethyl adjacent to an activating group) is 1. The van der Waals surface area contributed by atoms with Gasteiger partial charge in [-0.1, -0.05) is 18.2 Å². The predicted molar refractivity (Wildman–Crippen MR) is 78.2 cm³/mol. The Kier molecular flexibility index (Phi) is 5.36. The third kappa shape index (κ3) is 3.56. The molecule has 0 amide bonds. The molecule has 0 heterocycles. The summed E-state index contributed by atoms with van der Waals surface area (Å²) in [6.07, 6.45) is 1.00. The first-order valence-corrected chi connectivity index (χ1v) is 6.78. The van der Waals surface area contributed by atoms with E-state index in [0.29, 0.717) is 6.04 Å². The highest BCUT2D eigenvalue weighted by atomic mass is 16.5. The fraction of sp³-hybridized carbons (Fsp3) is 0.625. The monoisotopic (exact) mass is 249 g/mol. The number of hydrogen-bond acceptors (Lipinski definition) is 2. The van der Waals surface area contributed by atoms with Crippen LogP contribution in [0.4, 0.5) is 0 Å². The van der Waals surface area contributed by atoms with Gasteiger partial charge < -0.3 is 10.1 Å². The average Bonchev–Trinajstić information content (AvgIpc) is 2.28. The van der Waals surface area contributed by atoms with Gasteiger partial charge in [-0.15, -0.1) is 0 Å². The quantitative estimate of drug-likeness (QED) is 0.835. The van der Waals surface area contributed by atoms with Crippen LogP contribution >= 0.6 is 0 Å². The number of nitrogens with one attached hydrogen (secondary N) is 1. The first-order chi connectivity index (χ1) is 8.42. The van der Waals surface area contributed by atoms with E-state index in [1.165, 1.54) is 16.7 Å². The smallest absolute Gasteiger partial charge is 0.0781 e. The molecule has 2 nitrogen and oxygen atoms in total. The van der Waals surface area contributed by atoms with Crippen LogP contribution in [0.3, 0.4) is 0 Å². The molecule has 102 valence electrons. The minimum absolute atomic E-state index is 0.155. The lowest BCUT2D eigenvalue weighted by molar-refractivity contribution is -0.0363. The van der Waals surface area contributed by atoms with Crippen LogP contribution in [-0.2, 0) is 11.2 Å². The van der Waals surface area contributed by atoms with Gasteiger partial charge in [0.1, 0.15) is 0 Å². The van der Waals surface area contributed by atoms with Crippen LogP contribution < -0.4 is 5.32 Å². The Morgan fingerprint density at radius 3 is 2.22 bits per heavy atom. The van der Waals surface area contributed by atoms with Crippen molar-refractivity contribution in [2.45, 2.75) is 52.7 Å². The van der Waals surface area contributed by atoms with E-state index >= 15 is 0 Å². The summed E-state index contributed by atoms with van der Waals surface area (Å²) in [7, 11) is 2.01. The maximum atomic E-state index is 5.87. The van der Waals surface area contributed by atoms with Crippen molar-refractivity contribution in [3.05, 3.63) is 34.9 Å². The molecule has 0 aromatic heterocycles. The molecule has 18 heavy (non-hydrogen) atoms. The number of rotatable bonds is 6. The highest BCUT2D eigenvalue weighted by molar-refractivity contribution is 5.34. The molecule has 0 bridgehead atoms. The SMILES string of the molecule is CCOC(C)(C)C(Cc1c(C)cccc1C)NC. The topological polar surface area (TPSA) is 21.3 Å². The van der Waals surface area contributed by atoms with E-state index in [1.54, 1.807) is 0 Å². The zero-order valence-electron chi connectivity index (χ0n) is 12.6. The molecule has 0 saturated carbocycles. The van der Waals surface area contributed by atoms with E-state index < -0.39 is 0 Å². The van der Waals surface area contributed by atoms with Crippen molar-refractivity contribution in [3.63, 3.8) is 0 Å². The predicted octanol–water partition coefficient (Wildman–Crippen LogP) is 3.25. The molecular weight excluding hydrogens is 222 g/mol. The summed E-state index contributed by atoms with van der Waals surface area (Å²) in [6, 6.07) is 6.80.